The summed E-state index contributed by atoms with van der Waals surface area (Å²) < 4.78 is 17.2. The minimum atomic E-state index is 0.248. The van der Waals surface area contributed by atoms with Gasteiger partial charge in [-0.1, -0.05) is 18.2 Å². The number of ether oxygens (including phenoxy) is 3. The fraction of sp³-hybridized carbons (Fsp3) is 0.333. The Morgan fingerprint density at radius 2 is 1.84 bits per heavy atom. The first kappa shape index (κ1) is 20.2. The molecule has 0 radical (unpaired) electrons. The molecule has 3 aromatic rings. The van der Waals surface area contributed by atoms with Crippen molar-refractivity contribution < 1.29 is 14.2 Å². The maximum Gasteiger partial charge on any atom is 0.231 e. The molecule has 0 unspecified atom stereocenters. The Labute approximate surface area is 186 Å². The first-order chi connectivity index (χ1) is 15.2. The van der Waals surface area contributed by atoms with Gasteiger partial charge < -0.3 is 19.1 Å². The first-order valence-electron chi connectivity index (χ1n) is 10.5. The Morgan fingerprint density at radius 3 is 2.74 bits per heavy atom. The van der Waals surface area contributed by atoms with Crippen LogP contribution in [0, 0.1) is 0 Å². The third kappa shape index (κ3) is 4.34. The molecule has 1 aromatic heterocycles. The molecule has 2 aliphatic rings. The Hall–Kier alpha value is -2.77. The van der Waals surface area contributed by atoms with Gasteiger partial charge in [-0.05, 0) is 69.1 Å². The lowest BCUT2D eigenvalue weighted by molar-refractivity contribution is 0.174. The molecule has 0 aliphatic carbocycles. The number of hydrogen-bond donors (Lipinski definition) is 0. The number of nitrogens with zero attached hydrogens (tertiary/aromatic N) is 3. The van der Waals surface area contributed by atoms with Gasteiger partial charge in [0.05, 0.1) is 5.56 Å². The molecule has 160 valence electrons. The van der Waals surface area contributed by atoms with Crippen LogP contribution in [0.1, 0.15) is 24.0 Å². The minimum absolute atomic E-state index is 0.248. The van der Waals surface area contributed by atoms with Crippen LogP contribution < -0.4 is 14.2 Å². The van der Waals surface area contributed by atoms with E-state index in [-0.39, 0.29) is 6.79 Å². The Balaban J connectivity index is 1.46. The van der Waals surface area contributed by atoms with Crippen LogP contribution in [0.15, 0.2) is 47.5 Å². The van der Waals surface area contributed by atoms with Gasteiger partial charge in [-0.15, -0.1) is 11.8 Å². The zero-order valence-electron chi connectivity index (χ0n) is 17.8. The van der Waals surface area contributed by atoms with Crippen LogP contribution in [0.4, 0.5) is 0 Å². The van der Waals surface area contributed by atoms with E-state index in [1.807, 2.05) is 36.4 Å². The van der Waals surface area contributed by atoms with E-state index in [0.717, 1.165) is 58.5 Å². The second-order valence-corrected chi connectivity index (χ2v) is 9.03. The molecule has 3 heterocycles. The summed E-state index contributed by atoms with van der Waals surface area (Å²) in [6, 6.07) is 14.0. The maximum absolute atomic E-state index is 6.20. The average molecular weight is 436 g/mol. The third-order valence-corrected chi connectivity index (χ3v) is 6.45. The van der Waals surface area contributed by atoms with Crippen LogP contribution in [0.2, 0.25) is 0 Å². The number of aromatic nitrogens is 2. The average Bonchev–Trinajstić information content (AvgIpc) is 3.25. The summed E-state index contributed by atoms with van der Waals surface area (Å²) in [6.45, 7) is 1.35. The predicted molar refractivity (Wildman–Crippen MR) is 121 cm³/mol. The van der Waals surface area contributed by atoms with Crippen molar-refractivity contribution in [2.24, 2.45) is 0 Å². The second kappa shape index (κ2) is 8.77. The van der Waals surface area contributed by atoms with Crippen LogP contribution in [-0.2, 0) is 6.42 Å². The van der Waals surface area contributed by atoms with Crippen molar-refractivity contribution in [2.45, 2.75) is 24.3 Å². The SMILES string of the molecule is CN(C)CCCCSc1nc(-c2ccc3c(c2)OCO3)nc2c1Cc1ccccc1O2. The fourth-order valence-corrected chi connectivity index (χ4v) is 4.73. The highest BCUT2D eigenvalue weighted by Gasteiger charge is 2.24. The van der Waals surface area contributed by atoms with Gasteiger partial charge in [-0.25, -0.2) is 4.98 Å². The summed E-state index contributed by atoms with van der Waals surface area (Å²) in [5.74, 6) is 4.65. The quantitative estimate of drug-likeness (QED) is 0.230. The van der Waals surface area contributed by atoms with Crippen LogP contribution in [0.5, 0.6) is 23.1 Å². The molecule has 2 aromatic carbocycles. The van der Waals surface area contributed by atoms with Crippen LogP contribution in [0.25, 0.3) is 11.4 Å². The topological polar surface area (TPSA) is 56.7 Å². The molecule has 0 fully saturated rings. The number of benzene rings is 2. The number of hydrogen-bond acceptors (Lipinski definition) is 7. The van der Waals surface area contributed by atoms with Gasteiger partial charge in [0.1, 0.15) is 10.8 Å². The Bertz CT molecular complexity index is 1100. The normalized spacial score (nSPS) is 13.6. The molecular formula is C24H25N3O3S. The summed E-state index contributed by atoms with van der Waals surface area (Å²) in [6.07, 6.45) is 3.09. The molecule has 2 aliphatic heterocycles. The van der Waals surface area contributed by atoms with Gasteiger partial charge in [0.25, 0.3) is 0 Å². The lowest BCUT2D eigenvalue weighted by Crippen LogP contribution is -2.13. The molecular weight excluding hydrogens is 410 g/mol. The standard InChI is InChI=1S/C24H25N3O3S/c1-27(2)11-5-6-12-31-24-18-13-16-7-3-4-8-19(16)30-23(18)25-22(26-24)17-9-10-20-21(14-17)29-15-28-20/h3-4,7-10,14H,5-6,11-13,15H2,1-2H3. The molecule has 0 atom stereocenters. The highest BCUT2D eigenvalue weighted by molar-refractivity contribution is 7.99. The zero-order valence-corrected chi connectivity index (χ0v) is 18.6. The van der Waals surface area contributed by atoms with E-state index < -0.39 is 0 Å². The number of para-hydroxylation sites is 1. The van der Waals surface area contributed by atoms with E-state index in [4.69, 9.17) is 24.2 Å². The molecule has 0 spiro atoms. The van der Waals surface area contributed by atoms with Gasteiger partial charge in [-0.3, -0.25) is 0 Å². The molecule has 31 heavy (non-hydrogen) atoms. The van der Waals surface area contributed by atoms with Gasteiger partial charge in [-0.2, -0.15) is 4.98 Å². The third-order valence-electron chi connectivity index (χ3n) is 5.35. The van der Waals surface area contributed by atoms with Crippen LogP contribution >= 0.6 is 11.8 Å². The summed E-state index contributed by atoms with van der Waals surface area (Å²) >= 11 is 1.79. The lowest BCUT2D eigenvalue weighted by atomic mass is 10.0. The minimum Gasteiger partial charge on any atom is -0.454 e. The molecule has 0 saturated carbocycles. The van der Waals surface area contributed by atoms with Crippen molar-refractivity contribution in [1.82, 2.24) is 14.9 Å². The summed E-state index contributed by atoms with van der Waals surface area (Å²) in [5, 5.41) is 0.997. The van der Waals surface area contributed by atoms with Crippen molar-refractivity contribution in [3.05, 3.63) is 53.6 Å². The van der Waals surface area contributed by atoms with Gasteiger partial charge in [0, 0.05) is 12.0 Å². The van der Waals surface area contributed by atoms with Gasteiger partial charge in [0.2, 0.25) is 12.7 Å². The highest BCUT2D eigenvalue weighted by Crippen LogP contribution is 2.41. The van der Waals surface area contributed by atoms with Crippen molar-refractivity contribution in [3.8, 4) is 34.5 Å². The summed E-state index contributed by atoms with van der Waals surface area (Å²) in [5.41, 5.74) is 3.13. The molecule has 7 heteroatoms. The smallest absolute Gasteiger partial charge is 0.231 e. The Kier molecular flexibility index (Phi) is 5.70. The number of fused-ring (bicyclic) bond motifs is 3. The van der Waals surface area contributed by atoms with Crippen molar-refractivity contribution in [1.29, 1.82) is 0 Å². The predicted octanol–water partition coefficient (Wildman–Crippen LogP) is 5.00. The van der Waals surface area contributed by atoms with Crippen LogP contribution in [-0.4, -0.2) is 48.1 Å². The highest BCUT2D eigenvalue weighted by atomic mass is 32.2. The van der Waals surface area contributed by atoms with Crippen molar-refractivity contribution in [3.63, 3.8) is 0 Å². The second-order valence-electron chi connectivity index (χ2n) is 7.95. The fourth-order valence-electron chi connectivity index (χ4n) is 3.71. The maximum atomic E-state index is 6.20. The van der Waals surface area contributed by atoms with E-state index in [0.29, 0.717) is 11.7 Å². The summed E-state index contributed by atoms with van der Waals surface area (Å²) in [4.78, 5) is 12.0. The summed E-state index contributed by atoms with van der Waals surface area (Å²) in [7, 11) is 4.22. The molecule has 5 rings (SSSR count). The van der Waals surface area contributed by atoms with E-state index in [2.05, 4.69) is 25.1 Å². The molecule has 0 amide bonds. The van der Waals surface area contributed by atoms with E-state index >= 15 is 0 Å². The number of rotatable bonds is 7. The monoisotopic (exact) mass is 435 g/mol. The van der Waals surface area contributed by atoms with E-state index in [1.165, 1.54) is 12.0 Å². The van der Waals surface area contributed by atoms with Gasteiger partial charge >= 0.3 is 0 Å². The van der Waals surface area contributed by atoms with Crippen LogP contribution in [0.3, 0.4) is 0 Å². The molecule has 0 bridgehead atoms. The number of unbranched alkanes of at least 4 members (excludes halogenated alkanes) is 1. The lowest BCUT2D eigenvalue weighted by Gasteiger charge is -2.21. The Morgan fingerprint density at radius 1 is 0.968 bits per heavy atom. The van der Waals surface area contributed by atoms with E-state index in [9.17, 15) is 0 Å². The van der Waals surface area contributed by atoms with Crippen molar-refractivity contribution >= 4 is 11.8 Å². The zero-order chi connectivity index (χ0) is 21.2. The largest absolute Gasteiger partial charge is 0.454 e. The van der Waals surface area contributed by atoms with Crippen molar-refractivity contribution in [2.75, 3.05) is 33.2 Å². The van der Waals surface area contributed by atoms with Gasteiger partial charge in [0.15, 0.2) is 17.3 Å². The van der Waals surface area contributed by atoms with E-state index in [1.54, 1.807) is 11.8 Å². The molecule has 0 N–H and O–H groups in total. The first-order valence-corrected chi connectivity index (χ1v) is 11.5. The molecule has 6 nitrogen and oxygen atoms in total. The number of thioether (sulfide) groups is 1. The molecule has 0 saturated heterocycles.